The van der Waals surface area contributed by atoms with Crippen molar-refractivity contribution in [3.63, 3.8) is 0 Å². The first-order chi connectivity index (χ1) is 13.0. The van der Waals surface area contributed by atoms with Crippen LogP contribution in [0, 0.1) is 5.82 Å². The van der Waals surface area contributed by atoms with Gasteiger partial charge >= 0.3 is 0 Å². The normalized spacial score (nSPS) is 17.0. The van der Waals surface area contributed by atoms with Crippen molar-refractivity contribution in [2.45, 2.75) is 31.6 Å². The highest BCUT2D eigenvalue weighted by Gasteiger charge is 2.27. The molecule has 7 heteroatoms. The van der Waals surface area contributed by atoms with Gasteiger partial charge in [0.05, 0.1) is 6.20 Å². The van der Waals surface area contributed by atoms with E-state index in [-0.39, 0.29) is 36.4 Å². The highest BCUT2D eigenvalue weighted by atomic mass is 19.1. The number of halogens is 1. The zero-order valence-corrected chi connectivity index (χ0v) is 15.7. The van der Waals surface area contributed by atoms with Gasteiger partial charge in [0.2, 0.25) is 11.8 Å². The predicted octanol–water partition coefficient (Wildman–Crippen LogP) is 2.79. The fourth-order valence-corrected chi connectivity index (χ4v) is 3.50. The maximum atomic E-state index is 13.2. The van der Waals surface area contributed by atoms with Crippen LogP contribution in [0.4, 0.5) is 4.39 Å². The number of hydrogen-bond donors (Lipinski definition) is 1. The van der Waals surface area contributed by atoms with Gasteiger partial charge < -0.3 is 9.80 Å². The minimum atomic E-state index is -0.273. The second kappa shape index (κ2) is 8.33. The number of aromatic amines is 1. The number of H-pyrrole nitrogens is 1. The van der Waals surface area contributed by atoms with E-state index >= 15 is 0 Å². The van der Waals surface area contributed by atoms with Gasteiger partial charge in [0.25, 0.3) is 0 Å². The van der Waals surface area contributed by atoms with E-state index in [0.717, 1.165) is 29.7 Å². The van der Waals surface area contributed by atoms with Crippen LogP contribution in [0.5, 0.6) is 0 Å². The number of aromatic nitrogens is 2. The Bertz CT molecular complexity index is 801. The summed E-state index contributed by atoms with van der Waals surface area (Å²) < 4.78 is 13.2. The van der Waals surface area contributed by atoms with E-state index in [4.69, 9.17) is 0 Å². The van der Waals surface area contributed by atoms with Crippen molar-refractivity contribution < 1.29 is 14.0 Å². The summed E-state index contributed by atoms with van der Waals surface area (Å²) in [4.78, 5) is 27.6. The number of carbonyl (C=O) groups excluding carboxylic acids is 2. The van der Waals surface area contributed by atoms with E-state index < -0.39 is 0 Å². The van der Waals surface area contributed by atoms with Crippen LogP contribution in [-0.4, -0.2) is 59.0 Å². The number of piperidine rings is 1. The van der Waals surface area contributed by atoms with E-state index in [1.54, 1.807) is 32.4 Å². The number of nitrogens with zero attached hydrogens (tertiary/aromatic N) is 3. The molecule has 6 nitrogen and oxygen atoms in total. The molecule has 1 atom stereocenters. The summed E-state index contributed by atoms with van der Waals surface area (Å²) in [6.07, 6.45) is 4.07. The fourth-order valence-electron chi connectivity index (χ4n) is 3.50. The highest BCUT2D eigenvalue weighted by molar-refractivity contribution is 5.83. The Morgan fingerprint density at radius 1 is 1.26 bits per heavy atom. The van der Waals surface area contributed by atoms with Gasteiger partial charge in [-0.2, -0.15) is 5.10 Å². The molecule has 144 valence electrons. The minimum Gasteiger partial charge on any atom is -0.349 e. The average Bonchev–Trinajstić information content (AvgIpc) is 3.16. The van der Waals surface area contributed by atoms with Gasteiger partial charge in [-0.25, -0.2) is 4.39 Å². The summed E-state index contributed by atoms with van der Waals surface area (Å²) in [5.41, 5.74) is 2.82. The molecule has 0 saturated carbocycles. The molecule has 0 spiro atoms. The minimum absolute atomic E-state index is 0.0118. The molecule has 1 aromatic heterocycles. The van der Waals surface area contributed by atoms with Crippen molar-refractivity contribution >= 4 is 11.8 Å². The van der Waals surface area contributed by atoms with Crippen LogP contribution < -0.4 is 0 Å². The first-order valence-electron chi connectivity index (χ1n) is 9.23. The molecule has 0 radical (unpaired) electrons. The van der Waals surface area contributed by atoms with Crippen LogP contribution in [0.25, 0.3) is 11.1 Å². The first-order valence-corrected chi connectivity index (χ1v) is 9.23. The van der Waals surface area contributed by atoms with Crippen LogP contribution in [0.2, 0.25) is 0 Å². The molecule has 0 bridgehead atoms. The molecule has 1 saturated heterocycles. The molecule has 0 aliphatic carbocycles. The lowest BCUT2D eigenvalue weighted by molar-refractivity contribution is -0.136. The maximum absolute atomic E-state index is 13.2. The topological polar surface area (TPSA) is 69.3 Å². The SMILES string of the molecule is CN(C)C(=O)CCC(=O)N1CCC[C@@H](c2[nH]ncc2-c2ccc(F)cc2)C1. The quantitative estimate of drug-likeness (QED) is 0.877. The van der Waals surface area contributed by atoms with Crippen LogP contribution >= 0.6 is 0 Å². The van der Waals surface area contributed by atoms with Gasteiger partial charge in [-0.15, -0.1) is 0 Å². The second-order valence-electron chi connectivity index (χ2n) is 7.17. The summed E-state index contributed by atoms with van der Waals surface area (Å²) in [6, 6.07) is 6.35. The van der Waals surface area contributed by atoms with Gasteiger partial charge in [-0.05, 0) is 30.5 Å². The summed E-state index contributed by atoms with van der Waals surface area (Å²) in [7, 11) is 3.39. The Kier molecular flexibility index (Phi) is 5.88. The van der Waals surface area contributed by atoms with Crippen molar-refractivity contribution in [2.75, 3.05) is 27.2 Å². The maximum Gasteiger partial charge on any atom is 0.223 e. The predicted molar refractivity (Wildman–Crippen MR) is 100 cm³/mol. The molecule has 3 rings (SSSR count). The van der Waals surface area contributed by atoms with E-state index in [2.05, 4.69) is 10.2 Å². The molecular formula is C20H25FN4O2. The molecule has 1 aliphatic heterocycles. The number of nitrogens with one attached hydrogen (secondary N) is 1. The summed E-state index contributed by atoms with van der Waals surface area (Å²) in [6.45, 7) is 1.32. The largest absolute Gasteiger partial charge is 0.349 e. The van der Waals surface area contributed by atoms with E-state index in [1.165, 1.54) is 17.0 Å². The third-order valence-electron chi connectivity index (χ3n) is 5.06. The fraction of sp³-hybridized carbons (Fsp3) is 0.450. The third kappa shape index (κ3) is 4.53. The molecule has 2 heterocycles. The standard InChI is InChI=1S/C20H25FN4O2/c1-24(2)18(26)9-10-19(27)25-11-3-4-15(13-25)20-17(12-22-23-20)14-5-7-16(21)8-6-14/h5-8,12,15H,3-4,9-11,13H2,1-2H3,(H,22,23)/t15-/m1/s1. The Balaban J connectivity index is 1.68. The molecular weight excluding hydrogens is 347 g/mol. The molecule has 0 unspecified atom stereocenters. The van der Waals surface area contributed by atoms with Crippen molar-refractivity contribution in [1.82, 2.24) is 20.0 Å². The number of amides is 2. The Morgan fingerprint density at radius 3 is 2.70 bits per heavy atom. The second-order valence-corrected chi connectivity index (χ2v) is 7.17. The van der Waals surface area contributed by atoms with Crippen LogP contribution in [-0.2, 0) is 9.59 Å². The molecule has 1 N–H and O–H groups in total. The summed E-state index contributed by atoms with van der Waals surface area (Å²) in [5, 5.41) is 7.24. The van der Waals surface area contributed by atoms with E-state index in [0.29, 0.717) is 13.1 Å². The van der Waals surface area contributed by atoms with Crippen LogP contribution in [0.3, 0.4) is 0 Å². The lowest BCUT2D eigenvalue weighted by Crippen LogP contribution is -2.39. The summed E-state index contributed by atoms with van der Waals surface area (Å²) >= 11 is 0. The number of benzene rings is 1. The van der Waals surface area contributed by atoms with Crippen molar-refractivity contribution in [3.8, 4) is 11.1 Å². The zero-order chi connectivity index (χ0) is 19.4. The molecule has 2 amide bonds. The Morgan fingerprint density at radius 2 is 2.00 bits per heavy atom. The van der Waals surface area contributed by atoms with Gasteiger partial charge in [0, 0.05) is 57.2 Å². The van der Waals surface area contributed by atoms with Crippen molar-refractivity contribution in [3.05, 3.63) is 42.0 Å². The number of carbonyl (C=O) groups is 2. The average molecular weight is 372 g/mol. The first kappa shape index (κ1) is 19.1. The van der Waals surface area contributed by atoms with E-state index in [1.807, 2.05) is 4.90 Å². The third-order valence-corrected chi connectivity index (χ3v) is 5.06. The summed E-state index contributed by atoms with van der Waals surface area (Å²) in [5.74, 6) is -0.151. The van der Waals surface area contributed by atoms with Gasteiger partial charge in [0.1, 0.15) is 5.82 Å². The Labute approximate surface area is 158 Å². The molecule has 2 aromatic rings. The number of hydrogen-bond acceptors (Lipinski definition) is 3. The number of likely N-dealkylation sites (tertiary alicyclic amines) is 1. The molecule has 1 aliphatic rings. The smallest absolute Gasteiger partial charge is 0.223 e. The Hall–Kier alpha value is -2.70. The zero-order valence-electron chi connectivity index (χ0n) is 15.7. The van der Waals surface area contributed by atoms with Crippen LogP contribution in [0.15, 0.2) is 30.5 Å². The molecule has 1 aromatic carbocycles. The van der Waals surface area contributed by atoms with Crippen molar-refractivity contribution in [1.29, 1.82) is 0 Å². The molecule has 27 heavy (non-hydrogen) atoms. The highest BCUT2D eigenvalue weighted by Crippen LogP contribution is 2.33. The lowest BCUT2D eigenvalue weighted by atomic mass is 9.90. The van der Waals surface area contributed by atoms with Gasteiger partial charge in [-0.3, -0.25) is 14.7 Å². The van der Waals surface area contributed by atoms with Gasteiger partial charge in [0.15, 0.2) is 0 Å². The number of rotatable bonds is 5. The lowest BCUT2D eigenvalue weighted by Gasteiger charge is -2.33. The van der Waals surface area contributed by atoms with E-state index in [9.17, 15) is 14.0 Å². The molecule has 1 fully saturated rings. The van der Waals surface area contributed by atoms with Gasteiger partial charge in [-0.1, -0.05) is 12.1 Å². The van der Waals surface area contributed by atoms with Crippen LogP contribution in [0.1, 0.15) is 37.3 Å². The van der Waals surface area contributed by atoms with Crippen molar-refractivity contribution in [2.24, 2.45) is 0 Å². The monoisotopic (exact) mass is 372 g/mol.